The Labute approximate surface area is 122 Å². The van der Waals surface area contributed by atoms with Crippen LogP contribution in [0.15, 0.2) is 24.3 Å². The van der Waals surface area contributed by atoms with E-state index in [9.17, 15) is 10.2 Å². The number of hydrogen-bond acceptors (Lipinski definition) is 3. The number of aliphatic hydroxyl groups is 2. The Balaban J connectivity index is 1.91. The molecule has 3 heteroatoms. The Bertz CT molecular complexity index is 425. The van der Waals surface area contributed by atoms with Crippen LogP contribution >= 0.6 is 0 Å². The molecule has 2 atom stereocenters. The third kappa shape index (κ3) is 4.05. The molecular formula is C17H27NO2. The normalized spacial score (nSPS) is 28.0. The lowest BCUT2D eigenvalue weighted by atomic mass is 9.90. The molecule has 20 heavy (non-hydrogen) atoms. The summed E-state index contributed by atoms with van der Waals surface area (Å²) in [4.78, 5) is 2.21. The molecule has 0 spiro atoms. The molecule has 0 saturated carbocycles. The van der Waals surface area contributed by atoms with Crippen LogP contribution in [-0.4, -0.2) is 39.9 Å². The van der Waals surface area contributed by atoms with Crippen LogP contribution in [0.25, 0.3) is 0 Å². The Morgan fingerprint density at radius 3 is 2.40 bits per heavy atom. The summed E-state index contributed by atoms with van der Waals surface area (Å²) in [5.41, 5.74) is 1.72. The van der Waals surface area contributed by atoms with E-state index < -0.39 is 11.7 Å². The quantitative estimate of drug-likeness (QED) is 0.887. The fraction of sp³-hybridized carbons (Fsp3) is 0.647. The zero-order chi connectivity index (χ0) is 14.8. The van der Waals surface area contributed by atoms with Gasteiger partial charge in [-0.2, -0.15) is 0 Å². The van der Waals surface area contributed by atoms with E-state index in [2.05, 4.69) is 43.0 Å². The Morgan fingerprint density at radius 1 is 1.25 bits per heavy atom. The fourth-order valence-corrected chi connectivity index (χ4v) is 2.74. The molecule has 1 aromatic carbocycles. The van der Waals surface area contributed by atoms with Crippen LogP contribution in [0.1, 0.15) is 38.3 Å². The molecule has 1 aliphatic rings. The Hall–Kier alpha value is -0.900. The lowest BCUT2D eigenvalue weighted by Crippen LogP contribution is -2.53. The lowest BCUT2D eigenvalue weighted by Gasteiger charge is -2.40. The summed E-state index contributed by atoms with van der Waals surface area (Å²) in [7, 11) is 0. The summed E-state index contributed by atoms with van der Waals surface area (Å²) in [5, 5.41) is 19.9. The number of nitrogens with zero attached hydrogens (tertiary/aromatic N) is 1. The van der Waals surface area contributed by atoms with Crippen LogP contribution in [0.4, 0.5) is 0 Å². The maximum absolute atomic E-state index is 9.97. The van der Waals surface area contributed by atoms with Crippen LogP contribution in [0.2, 0.25) is 0 Å². The second-order valence-electron chi connectivity index (χ2n) is 6.77. The van der Waals surface area contributed by atoms with Crippen LogP contribution in [0.3, 0.4) is 0 Å². The molecule has 0 radical (unpaired) electrons. The van der Waals surface area contributed by atoms with Crippen molar-refractivity contribution >= 4 is 0 Å². The first-order valence-corrected chi connectivity index (χ1v) is 7.57. The summed E-state index contributed by atoms with van der Waals surface area (Å²) in [6, 6.07) is 8.76. The van der Waals surface area contributed by atoms with Gasteiger partial charge in [-0.3, -0.25) is 4.90 Å². The average molecular weight is 277 g/mol. The minimum absolute atomic E-state index is 0.542. The highest BCUT2D eigenvalue weighted by atomic mass is 16.3. The van der Waals surface area contributed by atoms with Crippen LogP contribution in [0, 0.1) is 5.92 Å². The molecule has 1 aliphatic heterocycles. The van der Waals surface area contributed by atoms with Gasteiger partial charge in [0.15, 0.2) is 0 Å². The molecule has 2 rings (SSSR count). The van der Waals surface area contributed by atoms with Crippen LogP contribution in [0.5, 0.6) is 0 Å². The summed E-state index contributed by atoms with van der Waals surface area (Å²) in [6.07, 6.45) is 1.09. The lowest BCUT2D eigenvalue weighted by molar-refractivity contribution is -0.108. The van der Waals surface area contributed by atoms with Crippen molar-refractivity contribution in [1.82, 2.24) is 4.90 Å². The van der Waals surface area contributed by atoms with Crippen molar-refractivity contribution in [2.75, 3.05) is 13.1 Å². The molecule has 1 fully saturated rings. The standard InChI is InChI=1S/C17H27NO2/c1-13(2)10-14-4-6-15(7-5-14)11-18-9-8-17(3,20)16(19)12-18/h4-7,13,16,19-20H,8-12H2,1-3H3/t16-,17-/m0/s1. The van der Waals surface area contributed by atoms with E-state index in [0.717, 1.165) is 19.5 Å². The van der Waals surface area contributed by atoms with Gasteiger partial charge >= 0.3 is 0 Å². The Kier molecular flexibility index (Phi) is 4.84. The SMILES string of the molecule is CC(C)Cc1ccc(CN2CC[C@](C)(O)[C@@H](O)C2)cc1. The molecule has 1 saturated heterocycles. The first kappa shape index (κ1) is 15.5. The number of likely N-dealkylation sites (tertiary alicyclic amines) is 1. The van der Waals surface area contributed by atoms with Gasteiger partial charge in [0.25, 0.3) is 0 Å². The number of benzene rings is 1. The van der Waals surface area contributed by atoms with Crippen LogP contribution < -0.4 is 0 Å². The molecule has 1 aromatic rings. The van der Waals surface area contributed by atoms with E-state index in [-0.39, 0.29) is 0 Å². The summed E-state index contributed by atoms with van der Waals surface area (Å²) >= 11 is 0. The summed E-state index contributed by atoms with van der Waals surface area (Å²) in [5.74, 6) is 0.681. The second-order valence-corrected chi connectivity index (χ2v) is 6.77. The molecule has 0 aromatic heterocycles. The number of hydrogen-bond donors (Lipinski definition) is 2. The molecule has 112 valence electrons. The van der Waals surface area contributed by atoms with Crippen LogP contribution in [-0.2, 0) is 13.0 Å². The molecule has 2 N–H and O–H groups in total. The molecule has 0 bridgehead atoms. The van der Waals surface area contributed by atoms with Crippen molar-refractivity contribution in [3.63, 3.8) is 0 Å². The average Bonchev–Trinajstić information content (AvgIpc) is 2.36. The van der Waals surface area contributed by atoms with Gasteiger partial charge in [-0.25, -0.2) is 0 Å². The first-order chi connectivity index (χ1) is 9.37. The maximum Gasteiger partial charge on any atom is 0.0951 e. The van der Waals surface area contributed by atoms with Gasteiger partial charge in [-0.05, 0) is 36.8 Å². The van der Waals surface area contributed by atoms with Crippen molar-refractivity contribution in [3.8, 4) is 0 Å². The van der Waals surface area contributed by atoms with Gasteiger partial charge < -0.3 is 10.2 Å². The number of β-amino-alcohol motifs (C(OH)–C–C–N with tert-alkyl or cyclic N) is 1. The van der Waals surface area contributed by atoms with Gasteiger partial charge in [0.1, 0.15) is 0 Å². The number of rotatable bonds is 4. The summed E-state index contributed by atoms with van der Waals surface area (Å²) in [6.45, 7) is 8.40. The van der Waals surface area contributed by atoms with Crippen molar-refractivity contribution < 1.29 is 10.2 Å². The van der Waals surface area contributed by atoms with Crippen molar-refractivity contribution in [2.24, 2.45) is 5.92 Å². The van der Waals surface area contributed by atoms with Gasteiger partial charge in [0.2, 0.25) is 0 Å². The fourth-order valence-electron chi connectivity index (χ4n) is 2.74. The maximum atomic E-state index is 9.97. The van der Waals surface area contributed by atoms with E-state index in [4.69, 9.17) is 0 Å². The predicted molar refractivity (Wildman–Crippen MR) is 81.5 cm³/mol. The smallest absolute Gasteiger partial charge is 0.0951 e. The third-order valence-electron chi connectivity index (χ3n) is 4.16. The molecular weight excluding hydrogens is 250 g/mol. The van der Waals surface area contributed by atoms with E-state index >= 15 is 0 Å². The van der Waals surface area contributed by atoms with E-state index in [0.29, 0.717) is 18.9 Å². The number of aliphatic hydroxyl groups excluding tert-OH is 1. The minimum atomic E-state index is -0.933. The van der Waals surface area contributed by atoms with E-state index in [1.807, 2.05) is 0 Å². The monoisotopic (exact) mass is 277 g/mol. The van der Waals surface area contributed by atoms with Gasteiger partial charge in [0, 0.05) is 19.6 Å². The first-order valence-electron chi connectivity index (χ1n) is 7.57. The molecule has 3 nitrogen and oxygen atoms in total. The predicted octanol–water partition coefficient (Wildman–Crippen LogP) is 2.20. The van der Waals surface area contributed by atoms with Crippen molar-refractivity contribution in [3.05, 3.63) is 35.4 Å². The largest absolute Gasteiger partial charge is 0.389 e. The molecule has 0 amide bonds. The summed E-state index contributed by atoms with van der Waals surface area (Å²) < 4.78 is 0. The second kappa shape index (κ2) is 6.25. The zero-order valence-electron chi connectivity index (χ0n) is 12.8. The topological polar surface area (TPSA) is 43.7 Å². The highest BCUT2D eigenvalue weighted by Gasteiger charge is 2.36. The third-order valence-corrected chi connectivity index (χ3v) is 4.16. The van der Waals surface area contributed by atoms with Gasteiger partial charge in [-0.15, -0.1) is 0 Å². The van der Waals surface area contributed by atoms with Crippen molar-refractivity contribution in [1.29, 1.82) is 0 Å². The minimum Gasteiger partial charge on any atom is -0.389 e. The highest BCUT2D eigenvalue weighted by Crippen LogP contribution is 2.23. The highest BCUT2D eigenvalue weighted by molar-refractivity contribution is 5.23. The zero-order valence-corrected chi connectivity index (χ0v) is 12.8. The van der Waals surface area contributed by atoms with Gasteiger partial charge in [0.05, 0.1) is 11.7 Å². The van der Waals surface area contributed by atoms with Gasteiger partial charge in [-0.1, -0.05) is 38.1 Å². The van der Waals surface area contributed by atoms with Crippen molar-refractivity contribution in [2.45, 2.75) is 51.9 Å². The van der Waals surface area contributed by atoms with E-state index in [1.165, 1.54) is 11.1 Å². The Morgan fingerprint density at radius 2 is 1.85 bits per heavy atom. The number of piperidine rings is 1. The van der Waals surface area contributed by atoms with E-state index in [1.54, 1.807) is 6.92 Å². The molecule has 0 aliphatic carbocycles. The molecule has 0 unspecified atom stereocenters. The molecule has 1 heterocycles.